The fourth-order valence-corrected chi connectivity index (χ4v) is 4.05. The number of carbonyl (C=O) groups is 2. The Morgan fingerprint density at radius 1 is 1.15 bits per heavy atom. The van der Waals surface area contributed by atoms with E-state index in [2.05, 4.69) is 43.2 Å². The molecule has 0 saturated heterocycles. The van der Waals surface area contributed by atoms with Crippen LogP contribution in [-0.4, -0.2) is 16.7 Å². The number of amides is 1. The van der Waals surface area contributed by atoms with Crippen LogP contribution >= 0.6 is 0 Å². The molecule has 5 heteroatoms. The number of rotatable bonds is 3. The first-order chi connectivity index (χ1) is 12.9. The minimum Gasteiger partial charge on any atom is -0.455 e. The van der Waals surface area contributed by atoms with Crippen molar-refractivity contribution in [3.05, 3.63) is 57.2 Å². The molecule has 2 aromatic heterocycles. The van der Waals surface area contributed by atoms with Crippen LogP contribution in [0.15, 0.2) is 16.5 Å². The minimum absolute atomic E-state index is 0.0780. The van der Waals surface area contributed by atoms with Crippen LogP contribution in [0.4, 0.5) is 0 Å². The van der Waals surface area contributed by atoms with Gasteiger partial charge in [-0.1, -0.05) is 11.6 Å². The predicted octanol–water partition coefficient (Wildman–Crippen LogP) is 4.44. The summed E-state index contributed by atoms with van der Waals surface area (Å²) >= 11 is 0. The monoisotopic (exact) mass is 364 g/mol. The molecule has 0 bridgehead atoms. The molecule has 1 aromatic carbocycles. The number of hydrogen-bond acceptors (Lipinski definition) is 3. The van der Waals surface area contributed by atoms with Crippen molar-refractivity contribution in [1.82, 2.24) is 10.3 Å². The number of furan rings is 1. The van der Waals surface area contributed by atoms with Crippen LogP contribution in [0.5, 0.6) is 0 Å². The first kappa shape index (κ1) is 17.6. The summed E-state index contributed by atoms with van der Waals surface area (Å²) in [5.41, 5.74) is 6.89. The maximum Gasteiger partial charge on any atom is 0.287 e. The molecule has 0 fully saturated rings. The lowest BCUT2D eigenvalue weighted by molar-refractivity contribution is 0.0917. The van der Waals surface area contributed by atoms with Gasteiger partial charge in [0.2, 0.25) is 0 Å². The molecule has 3 aromatic rings. The Morgan fingerprint density at radius 3 is 2.67 bits per heavy atom. The molecular formula is C22H24N2O3. The molecule has 1 aliphatic carbocycles. The minimum atomic E-state index is -0.274. The number of Topliss-reactive ketones (excluding diaryl/α,β-unsaturated/α-hetero) is 1. The van der Waals surface area contributed by atoms with Crippen molar-refractivity contribution in [3.8, 4) is 0 Å². The van der Waals surface area contributed by atoms with Crippen molar-refractivity contribution < 1.29 is 14.0 Å². The molecule has 0 spiro atoms. The highest BCUT2D eigenvalue weighted by Gasteiger charge is 2.28. The molecule has 0 atom stereocenters. The summed E-state index contributed by atoms with van der Waals surface area (Å²) in [6, 6.07) is 4.25. The number of aryl methyl sites for hydroxylation is 4. The SMILES string of the molecule is Cc1cc(CNC(=O)c2oc3c(c2C)C(=O)CCC3)c2[nH]c(C)c(C)c2c1. The number of ketones is 1. The van der Waals surface area contributed by atoms with E-state index in [1.807, 2.05) is 0 Å². The number of hydrogen-bond donors (Lipinski definition) is 2. The van der Waals surface area contributed by atoms with Gasteiger partial charge in [-0.15, -0.1) is 0 Å². The first-order valence-electron chi connectivity index (χ1n) is 9.39. The second-order valence-corrected chi connectivity index (χ2v) is 7.54. The molecule has 4 rings (SSSR count). The van der Waals surface area contributed by atoms with Gasteiger partial charge in [0, 0.05) is 36.0 Å². The van der Waals surface area contributed by atoms with E-state index in [1.165, 1.54) is 10.9 Å². The van der Waals surface area contributed by atoms with Crippen LogP contribution in [0, 0.1) is 27.7 Å². The Balaban J connectivity index is 1.62. The van der Waals surface area contributed by atoms with Gasteiger partial charge in [-0.05, 0) is 51.3 Å². The van der Waals surface area contributed by atoms with E-state index in [0.717, 1.165) is 28.8 Å². The lowest BCUT2D eigenvalue weighted by atomic mass is 9.94. The number of aromatic amines is 1. The fourth-order valence-electron chi connectivity index (χ4n) is 4.05. The number of nitrogens with one attached hydrogen (secondary N) is 2. The highest BCUT2D eigenvalue weighted by Crippen LogP contribution is 2.30. The quantitative estimate of drug-likeness (QED) is 0.721. The van der Waals surface area contributed by atoms with Crippen LogP contribution in [0.1, 0.15) is 67.5 Å². The summed E-state index contributed by atoms with van der Waals surface area (Å²) in [6.45, 7) is 8.41. The fraction of sp³-hybridized carbons (Fsp3) is 0.364. The molecule has 140 valence electrons. The summed E-state index contributed by atoms with van der Waals surface area (Å²) in [4.78, 5) is 28.3. The zero-order chi connectivity index (χ0) is 19.3. The van der Waals surface area contributed by atoms with Crippen molar-refractivity contribution in [1.29, 1.82) is 0 Å². The van der Waals surface area contributed by atoms with Gasteiger partial charge in [-0.3, -0.25) is 9.59 Å². The van der Waals surface area contributed by atoms with Crippen molar-refractivity contribution in [2.24, 2.45) is 0 Å². The second kappa shape index (κ2) is 6.41. The molecule has 0 saturated carbocycles. The predicted molar refractivity (Wildman–Crippen MR) is 104 cm³/mol. The molecule has 2 heterocycles. The number of benzene rings is 1. The third-order valence-electron chi connectivity index (χ3n) is 5.60. The summed E-state index contributed by atoms with van der Waals surface area (Å²) in [7, 11) is 0. The maximum absolute atomic E-state index is 12.7. The van der Waals surface area contributed by atoms with Gasteiger partial charge < -0.3 is 14.7 Å². The molecule has 5 nitrogen and oxygen atoms in total. The molecule has 0 aliphatic heterocycles. The van der Waals surface area contributed by atoms with Crippen molar-refractivity contribution in [2.75, 3.05) is 0 Å². The third-order valence-corrected chi connectivity index (χ3v) is 5.60. The van der Waals surface area contributed by atoms with Gasteiger partial charge in [0.05, 0.1) is 11.1 Å². The number of carbonyl (C=O) groups excluding carboxylic acids is 2. The summed E-state index contributed by atoms with van der Waals surface area (Å²) in [5.74, 6) is 0.721. The largest absolute Gasteiger partial charge is 0.455 e. The molecule has 27 heavy (non-hydrogen) atoms. The molecule has 2 N–H and O–H groups in total. The zero-order valence-corrected chi connectivity index (χ0v) is 16.2. The highest BCUT2D eigenvalue weighted by atomic mass is 16.4. The first-order valence-corrected chi connectivity index (χ1v) is 9.39. The standard InChI is InChI=1S/C22H24N2O3/c1-11-8-15(20-16(9-11)12(2)14(4)24-20)10-23-22(26)21-13(3)19-17(25)6-5-7-18(19)27-21/h8-9,24H,5-7,10H2,1-4H3,(H,23,26). The smallest absolute Gasteiger partial charge is 0.287 e. The van der Waals surface area contributed by atoms with Crippen LogP contribution in [0.3, 0.4) is 0 Å². The van der Waals surface area contributed by atoms with Crippen LogP contribution in [0.2, 0.25) is 0 Å². The van der Waals surface area contributed by atoms with E-state index in [1.54, 1.807) is 6.92 Å². The Labute approximate surface area is 158 Å². The van der Waals surface area contributed by atoms with Gasteiger partial charge in [0.25, 0.3) is 5.91 Å². The zero-order valence-electron chi connectivity index (χ0n) is 16.2. The van der Waals surface area contributed by atoms with Gasteiger partial charge in [-0.2, -0.15) is 0 Å². The van der Waals surface area contributed by atoms with Crippen molar-refractivity contribution in [3.63, 3.8) is 0 Å². The number of H-pyrrole nitrogens is 1. The number of aromatic nitrogens is 1. The van der Waals surface area contributed by atoms with Gasteiger partial charge in [-0.25, -0.2) is 0 Å². The van der Waals surface area contributed by atoms with E-state index in [4.69, 9.17) is 4.42 Å². The van der Waals surface area contributed by atoms with E-state index in [-0.39, 0.29) is 17.5 Å². The number of fused-ring (bicyclic) bond motifs is 2. The molecule has 1 aliphatic rings. The van der Waals surface area contributed by atoms with E-state index < -0.39 is 0 Å². The Bertz CT molecular complexity index is 1090. The van der Waals surface area contributed by atoms with E-state index >= 15 is 0 Å². The van der Waals surface area contributed by atoms with Crippen molar-refractivity contribution >= 4 is 22.6 Å². The molecule has 0 radical (unpaired) electrons. The van der Waals surface area contributed by atoms with E-state index in [9.17, 15) is 9.59 Å². The average molecular weight is 364 g/mol. The molecule has 1 amide bonds. The lowest BCUT2D eigenvalue weighted by Gasteiger charge is -2.08. The van der Waals surface area contributed by atoms with Crippen molar-refractivity contribution in [2.45, 2.75) is 53.5 Å². The molecular weight excluding hydrogens is 340 g/mol. The Kier molecular flexibility index (Phi) is 4.17. The highest BCUT2D eigenvalue weighted by molar-refractivity contribution is 6.03. The lowest BCUT2D eigenvalue weighted by Crippen LogP contribution is -2.23. The Morgan fingerprint density at radius 2 is 1.93 bits per heavy atom. The van der Waals surface area contributed by atoms with Gasteiger partial charge in [0.15, 0.2) is 11.5 Å². The van der Waals surface area contributed by atoms with Gasteiger partial charge >= 0.3 is 0 Å². The average Bonchev–Trinajstić information content (AvgIpc) is 3.12. The van der Waals surface area contributed by atoms with Crippen LogP contribution < -0.4 is 5.32 Å². The summed E-state index contributed by atoms with van der Waals surface area (Å²) in [5, 5.41) is 4.15. The topological polar surface area (TPSA) is 75.1 Å². The van der Waals surface area contributed by atoms with Gasteiger partial charge in [0.1, 0.15) is 5.76 Å². The normalized spacial score (nSPS) is 13.9. The second-order valence-electron chi connectivity index (χ2n) is 7.54. The molecule has 0 unspecified atom stereocenters. The third kappa shape index (κ3) is 2.87. The van der Waals surface area contributed by atoms with Crippen LogP contribution in [-0.2, 0) is 13.0 Å². The van der Waals surface area contributed by atoms with E-state index in [0.29, 0.717) is 36.3 Å². The summed E-state index contributed by atoms with van der Waals surface area (Å²) in [6.07, 6.45) is 2.03. The Hall–Kier alpha value is -2.82. The summed E-state index contributed by atoms with van der Waals surface area (Å²) < 4.78 is 5.75. The maximum atomic E-state index is 12.7. The van der Waals surface area contributed by atoms with Crippen LogP contribution in [0.25, 0.3) is 10.9 Å².